The predicted molar refractivity (Wildman–Crippen MR) is 88.3 cm³/mol. The summed E-state index contributed by atoms with van der Waals surface area (Å²) in [6.07, 6.45) is 12.3. The first kappa shape index (κ1) is 14.8. The summed E-state index contributed by atoms with van der Waals surface area (Å²) in [6.45, 7) is 1.03. The Balaban J connectivity index is 1.53. The maximum Gasteiger partial charge on any atom is 0.244 e. The summed E-state index contributed by atoms with van der Waals surface area (Å²) in [5, 5.41) is 8.94. The Morgan fingerprint density at radius 1 is 1.38 bits per heavy atom. The second kappa shape index (κ2) is 6.75. The first-order valence-corrected chi connectivity index (χ1v) is 8.91. The Hall–Kier alpha value is -1.13. The summed E-state index contributed by atoms with van der Waals surface area (Å²) in [6, 6.07) is 4.35. The molecule has 1 aromatic heterocycles. The van der Waals surface area contributed by atoms with Gasteiger partial charge in [-0.1, -0.05) is 25.3 Å². The minimum Gasteiger partial charge on any atom is -0.350 e. The third-order valence-corrected chi connectivity index (χ3v) is 5.57. The molecule has 3 nitrogen and oxygen atoms in total. The van der Waals surface area contributed by atoms with Crippen molar-refractivity contribution in [2.24, 2.45) is 0 Å². The molecule has 0 bridgehead atoms. The molecule has 4 heteroatoms. The van der Waals surface area contributed by atoms with Crippen LogP contribution in [0.25, 0.3) is 6.08 Å². The van der Waals surface area contributed by atoms with Gasteiger partial charge in [-0.3, -0.25) is 4.79 Å². The number of carbonyl (C=O) groups excluding carboxylic acids is 1. The molecule has 1 unspecified atom stereocenters. The maximum absolute atomic E-state index is 12.1. The molecule has 1 amide bonds. The Labute approximate surface area is 130 Å². The monoisotopic (exact) mass is 304 g/mol. The highest BCUT2D eigenvalue weighted by Gasteiger charge is 2.37. The summed E-state index contributed by atoms with van der Waals surface area (Å²) < 4.78 is 0. The third-order valence-electron chi connectivity index (χ3n) is 4.73. The van der Waals surface area contributed by atoms with Crippen LogP contribution in [-0.2, 0) is 4.79 Å². The molecule has 2 fully saturated rings. The van der Waals surface area contributed by atoms with Crippen molar-refractivity contribution in [3.05, 3.63) is 28.5 Å². The van der Waals surface area contributed by atoms with Crippen molar-refractivity contribution in [1.82, 2.24) is 10.6 Å². The largest absolute Gasteiger partial charge is 0.350 e. The molecular formula is C17H24N2OS. The molecule has 2 N–H and O–H groups in total. The highest BCUT2D eigenvalue weighted by molar-refractivity contribution is 7.10. The Morgan fingerprint density at radius 2 is 2.24 bits per heavy atom. The minimum atomic E-state index is 0.0428. The average Bonchev–Trinajstić information content (AvgIpc) is 2.99. The van der Waals surface area contributed by atoms with Gasteiger partial charge < -0.3 is 10.6 Å². The lowest BCUT2D eigenvalue weighted by Gasteiger charge is -2.44. The van der Waals surface area contributed by atoms with Crippen molar-refractivity contribution in [3.8, 4) is 0 Å². The van der Waals surface area contributed by atoms with E-state index >= 15 is 0 Å². The summed E-state index contributed by atoms with van der Waals surface area (Å²) in [5.74, 6) is 0.0428. The fraction of sp³-hybridized carbons (Fsp3) is 0.588. The number of rotatable bonds is 3. The lowest BCUT2D eigenvalue weighted by Crippen LogP contribution is -2.56. The normalized spacial score (nSPS) is 25.2. The van der Waals surface area contributed by atoms with Gasteiger partial charge in [0.15, 0.2) is 0 Å². The van der Waals surface area contributed by atoms with Gasteiger partial charge in [-0.05, 0) is 49.8 Å². The van der Waals surface area contributed by atoms with E-state index < -0.39 is 0 Å². The van der Waals surface area contributed by atoms with E-state index in [9.17, 15) is 4.79 Å². The SMILES string of the molecule is O=C(/C=C/c1cccs1)NC1CCNC2(CCCCC2)C1. The lowest BCUT2D eigenvalue weighted by molar-refractivity contribution is -0.117. The van der Waals surface area contributed by atoms with Crippen LogP contribution in [0.5, 0.6) is 0 Å². The van der Waals surface area contributed by atoms with Crippen LogP contribution in [0, 0.1) is 0 Å². The molecule has 1 aromatic rings. The van der Waals surface area contributed by atoms with Gasteiger partial charge in [0.2, 0.25) is 5.91 Å². The molecule has 0 radical (unpaired) electrons. The molecular weight excluding hydrogens is 280 g/mol. The van der Waals surface area contributed by atoms with Gasteiger partial charge in [0, 0.05) is 22.5 Å². The second-order valence-corrected chi connectivity index (χ2v) is 7.29. The van der Waals surface area contributed by atoms with Crippen molar-refractivity contribution in [2.45, 2.75) is 56.5 Å². The second-order valence-electron chi connectivity index (χ2n) is 6.31. The lowest BCUT2D eigenvalue weighted by atomic mass is 9.75. The molecule has 3 rings (SSSR count). The topological polar surface area (TPSA) is 41.1 Å². The van der Waals surface area contributed by atoms with Crippen molar-refractivity contribution < 1.29 is 4.79 Å². The van der Waals surface area contributed by atoms with E-state index in [-0.39, 0.29) is 5.91 Å². The molecule has 1 saturated heterocycles. The van der Waals surface area contributed by atoms with Gasteiger partial charge in [0.05, 0.1) is 0 Å². The van der Waals surface area contributed by atoms with Crippen molar-refractivity contribution in [1.29, 1.82) is 0 Å². The van der Waals surface area contributed by atoms with Gasteiger partial charge in [0.1, 0.15) is 0 Å². The Kier molecular flexibility index (Phi) is 4.76. The smallest absolute Gasteiger partial charge is 0.244 e. The van der Waals surface area contributed by atoms with E-state index in [1.807, 2.05) is 23.6 Å². The van der Waals surface area contributed by atoms with E-state index in [1.54, 1.807) is 17.4 Å². The number of nitrogens with one attached hydrogen (secondary N) is 2. The number of hydrogen-bond donors (Lipinski definition) is 2. The molecule has 2 aliphatic rings. The van der Waals surface area contributed by atoms with Crippen LogP contribution in [0.3, 0.4) is 0 Å². The molecule has 1 saturated carbocycles. The number of thiophene rings is 1. The summed E-state index contributed by atoms with van der Waals surface area (Å²) in [7, 11) is 0. The molecule has 1 atom stereocenters. The molecule has 1 aliphatic heterocycles. The molecule has 21 heavy (non-hydrogen) atoms. The predicted octanol–water partition coefficient (Wildman–Crippen LogP) is 3.33. The van der Waals surface area contributed by atoms with Gasteiger partial charge in [-0.25, -0.2) is 0 Å². The zero-order chi connectivity index (χ0) is 14.5. The molecule has 1 aliphatic carbocycles. The van der Waals surface area contributed by atoms with Gasteiger partial charge in [-0.2, -0.15) is 0 Å². The maximum atomic E-state index is 12.1. The average molecular weight is 304 g/mol. The fourth-order valence-electron chi connectivity index (χ4n) is 3.68. The molecule has 0 aromatic carbocycles. The van der Waals surface area contributed by atoms with Gasteiger partial charge >= 0.3 is 0 Å². The summed E-state index contributed by atoms with van der Waals surface area (Å²) in [4.78, 5) is 13.2. The zero-order valence-electron chi connectivity index (χ0n) is 12.4. The number of carbonyl (C=O) groups is 1. The van der Waals surface area contributed by atoms with Gasteiger partial charge in [0.25, 0.3) is 0 Å². The summed E-state index contributed by atoms with van der Waals surface area (Å²) >= 11 is 1.65. The van der Waals surface area contributed by atoms with E-state index in [4.69, 9.17) is 0 Å². The minimum absolute atomic E-state index is 0.0428. The Morgan fingerprint density at radius 3 is 3.00 bits per heavy atom. The van der Waals surface area contributed by atoms with Crippen LogP contribution in [0.2, 0.25) is 0 Å². The molecule has 2 heterocycles. The Bertz CT molecular complexity index is 483. The van der Waals surface area contributed by atoms with E-state index in [1.165, 1.54) is 32.1 Å². The summed E-state index contributed by atoms with van der Waals surface area (Å²) in [5.41, 5.74) is 0.298. The fourth-order valence-corrected chi connectivity index (χ4v) is 4.30. The van der Waals surface area contributed by atoms with Crippen molar-refractivity contribution in [2.75, 3.05) is 6.54 Å². The van der Waals surface area contributed by atoms with Crippen LogP contribution < -0.4 is 10.6 Å². The standard InChI is InChI=1S/C17H24N2OS/c20-16(7-6-15-5-4-12-21-15)19-14-8-11-18-17(13-14)9-2-1-3-10-17/h4-7,12,14,18H,1-3,8-11,13H2,(H,19,20)/b7-6+. The van der Waals surface area contributed by atoms with Crippen molar-refractivity contribution in [3.63, 3.8) is 0 Å². The van der Waals surface area contributed by atoms with Crippen LogP contribution in [0.15, 0.2) is 23.6 Å². The van der Waals surface area contributed by atoms with E-state index in [0.29, 0.717) is 11.6 Å². The van der Waals surface area contributed by atoms with Crippen LogP contribution in [0.1, 0.15) is 49.8 Å². The molecule has 1 spiro atoms. The zero-order valence-corrected chi connectivity index (χ0v) is 13.3. The van der Waals surface area contributed by atoms with Crippen molar-refractivity contribution >= 4 is 23.3 Å². The van der Waals surface area contributed by atoms with Crippen LogP contribution in [-0.4, -0.2) is 24.0 Å². The van der Waals surface area contributed by atoms with Crippen LogP contribution in [0.4, 0.5) is 0 Å². The number of piperidine rings is 1. The number of hydrogen-bond acceptors (Lipinski definition) is 3. The quantitative estimate of drug-likeness (QED) is 0.841. The van der Waals surface area contributed by atoms with E-state index in [0.717, 1.165) is 24.3 Å². The molecule has 114 valence electrons. The number of amides is 1. The highest BCUT2D eigenvalue weighted by Crippen LogP contribution is 2.34. The van der Waals surface area contributed by atoms with Gasteiger partial charge in [-0.15, -0.1) is 11.3 Å². The third kappa shape index (κ3) is 3.95. The van der Waals surface area contributed by atoms with E-state index in [2.05, 4.69) is 10.6 Å². The van der Waals surface area contributed by atoms with Crippen LogP contribution >= 0.6 is 11.3 Å². The first-order valence-electron chi connectivity index (χ1n) is 8.03. The first-order chi connectivity index (χ1) is 10.3. The highest BCUT2D eigenvalue weighted by atomic mass is 32.1.